The monoisotopic (exact) mass is 466 g/mol. The lowest BCUT2D eigenvalue weighted by molar-refractivity contribution is 0.473. The number of benzene rings is 2. The van der Waals surface area contributed by atoms with Crippen molar-refractivity contribution in [3.05, 3.63) is 56.5 Å². The van der Waals surface area contributed by atoms with Crippen LogP contribution in [-0.2, 0) is 0 Å². The van der Waals surface area contributed by atoms with Crippen molar-refractivity contribution < 1.29 is 10.2 Å². The summed E-state index contributed by atoms with van der Waals surface area (Å²) in [5.74, 6) is 0.408. The van der Waals surface area contributed by atoms with Gasteiger partial charge in [-0.25, -0.2) is 0 Å². The van der Waals surface area contributed by atoms with E-state index in [0.717, 1.165) is 21.8 Å². The Labute approximate surface area is 164 Å². The van der Waals surface area contributed by atoms with Gasteiger partial charge >= 0.3 is 0 Å². The highest BCUT2D eigenvalue weighted by Crippen LogP contribution is 2.22. The van der Waals surface area contributed by atoms with E-state index in [1.165, 1.54) is 0 Å². The van der Waals surface area contributed by atoms with E-state index in [9.17, 15) is 10.2 Å². The van der Waals surface area contributed by atoms with Crippen molar-refractivity contribution in [2.45, 2.75) is 25.8 Å². The molecule has 0 saturated heterocycles. The maximum Gasteiger partial charge on any atom is 0.125 e. The molecule has 0 bridgehead atoms. The molecule has 132 valence electrons. The zero-order valence-electron chi connectivity index (χ0n) is 13.9. The van der Waals surface area contributed by atoms with Crippen molar-refractivity contribution in [2.75, 3.05) is 6.54 Å². The first-order valence-corrected chi connectivity index (χ1v) is 9.58. The van der Waals surface area contributed by atoms with Crippen LogP contribution >= 0.6 is 31.9 Å². The molecule has 1 atom stereocenters. The number of rotatable bonds is 7. The van der Waals surface area contributed by atoms with Crippen LogP contribution in [0.3, 0.4) is 0 Å². The van der Waals surface area contributed by atoms with Crippen LogP contribution in [0.2, 0.25) is 0 Å². The Morgan fingerprint density at radius 3 is 2.04 bits per heavy atom. The van der Waals surface area contributed by atoms with Gasteiger partial charge in [-0.2, -0.15) is 0 Å². The number of hydrogen-bond acceptors (Lipinski definition) is 4. The summed E-state index contributed by atoms with van der Waals surface area (Å²) in [6.45, 7) is 2.70. The molecule has 0 aliphatic carbocycles. The molecule has 2 N–H and O–H groups in total. The molecule has 0 radical (unpaired) electrons. The minimum absolute atomic E-state index is 0.138. The highest BCUT2D eigenvalue weighted by atomic mass is 79.9. The number of aliphatic imine (C=N–C) groups is 2. The highest BCUT2D eigenvalue weighted by Gasteiger charge is 2.04. The summed E-state index contributed by atoms with van der Waals surface area (Å²) in [6, 6.07) is 10.8. The third kappa shape index (κ3) is 6.29. The second-order valence-electron chi connectivity index (χ2n) is 5.57. The first-order chi connectivity index (χ1) is 12.0. The van der Waals surface area contributed by atoms with Gasteiger partial charge in [0.15, 0.2) is 0 Å². The molecule has 0 aliphatic rings. The third-order valence-electron chi connectivity index (χ3n) is 3.70. The van der Waals surface area contributed by atoms with Crippen LogP contribution in [0.15, 0.2) is 55.3 Å². The van der Waals surface area contributed by atoms with Gasteiger partial charge in [0.2, 0.25) is 0 Å². The quantitative estimate of drug-likeness (QED) is 0.540. The van der Waals surface area contributed by atoms with Gasteiger partial charge in [-0.1, -0.05) is 38.8 Å². The number of aromatic hydroxyl groups is 2. The first-order valence-electron chi connectivity index (χ1n) is 7.99. The SMILES string of the molecule is CCC(CCN=Cc1ccc(Br)cc1O)N=Cc1ccc(Br)cc1O. The zero-order valence-corrected chi connectivity index (χ0v) is 17.0. The van der Waals surface area contributed by atoms with Crippen LogP contribution in [0.5, 0.6) is 11.5 Å². The zero-order chi connectivity index (χ0) is 18.2. The van der Waals surface area contributed by atoms with Gasteiger partial charge in [0.1, 0.15) is 11.5 Å². The van der Waals surface area contributed by atoms with E-state index in [0.29, 0.717) is 17.7 Å². The van der Waals surface area contributed by atoms with Crippen molar-refractivity contribution in [2.24, 2.45) is 9.98 Å². The van der Waals surface area contributed by atoms with Crippen LogP contribution in [0.25, 0.3) is 0 Å². The minimum Gasteiger partial charge on any atom is -0.507 e. The fraction of sp³-hybridized carbons (Fsp3) is 0.263. The van der Waals surface area contributed by atoms with Gasteiger partial charge in [-0.15, -0.1) is 0 Å². The lowest BCUT2D eigenvalue weighted by atomic mass is 10.1. The molecule has 2 rings (SSSR count). The first kappa shape index (κ1) is 19.7. The van der Waals surface area contributed by atoms with Crippen molar-refractivity contribution in [1.29, 1.82) is 0 Å². The van der Waals surface area contributed by atoms with Crippen LogP contribution in [0.1, 0.15) is 30.9 Å². The summed E-state index contributed by atoms with van der Waals surface area (Å²) in [5.41, 5.74) is 1.39. The molecule has 0 spiro atoms. The summed E-state index contributed by atoms with van der Waals surface area (Å²) in [5, 5.41) is 19.7. The molecule has 6 heteroatoms. The smallest absolute Gasteiger partial charge is 0.125 e. The van der Waals surface area contributed by atoms with E-state index in [2.05, 4.69) is 48.8 Å². The molecule has 4 nitrogen and oxygen atoms in total. The Morgan fingerprint density at radius 1 is 0.960 bits per heavy atom. The summed E-state index contributed by atoms with van der Waals surface area (Å²) < 4.78 is 1.67. The maximum atomic E-state index is 9.89. The van der Waals surface area contributed by atoms with E-state index in [-0.39, 0.29) is 17.5 Å². The van der Waals surface area contributed by atoms with E-state index >= 15 is 0 Å². The second-order valence-corrected chi connectivity index (χ2v) is 7.40. The summed E-state index contributed by atoms with van der Waals surface area (Å²) in [4.78, 5) is 8.92. The number of halogens is 2. The average molecular weight is 468 g/mol. The summed E-state index contributed by atoms with van der Waals surface area (Å²) in [7, 11) is 0. The molecule has 0 heterocycles. The molecule has 2 aromatic rings. The van der Waals surface area contributed by atoms with E-state index in [4.69, 9.17) is 0 Å². The van der Waals surface area contributed by atoms with E-state index in [1.807, 2.05) is 24.3 Å². The van der Waals surface area contributed by atoms with E-state index in [1.54, 1.807) is 24.6 Å². The van der Waals surface area contributed by atoms with E-state index < -0.39 is 0 Å². The van der Waals surface area contributed by atoms with Crippen LogP contribution in [0.4, 0.5) is 0 Å². The Balaban J connectivity index is 1.91. The van der Waals surface area contributed by atoms with Crippen molar-refractivity contribution >= 4 is 44.3 Å². The third-order valence-corrected chi connectivity index (χ3v) is 4.69. The van der Waals surface area contributed by atoms with Gasteiger partial charge in [0, 0.05) is 39.0 Å². The predicted octanol–water partition coefficient (Wildman–Crippen LogP) is 5.33. The van der Waals surface area contributed by atoms with Gasteiger partial charge in [-0.3, -0.25) is 9.98 Å². The van der Waals surface area contributed by atoms with Gasteiger partial charge < -0.3 is 10.2 Å². The maximum absolute atomic E-state index is 9.89. The fourth-order valence-electron chi connectivity index (χ4n) is 2.21. The molecule has 1 unspecified atom stereocenters. The predicted molar refractivity (Wildman–Crippen MR) is 110 cm³/mol. The normalized spacial score (nSPS) is 12.9. The van der Waals surface area contributed by atoms with Crippen molar-refractivity contribution in [1.82, 2.24) is 0 Å². The fourth-order valence-corrected chi connectivity index (χ4v) is 2.91. The Hall–Kier alpha value is -1.66. The highest BCUT2D eigenvalue weighted by molar-refractivity contribution is 9.10. The molecular weight excluding hydrogens is 448 g/mol. The molecular formula is C19H20Br2N2O2. The molecule has 2 aromatic carbocycles. The van der Waals surface area contributed by atoms with Gasteiger partial charge in [0.05, 0.1) is 6.04 Å². The van der Waals surface area contributed by atoms with Crippen LogP contribution < -0.4 is 0 Å². The minimum atomic E-state index is 0.138. The second kappa shape index (κ2) is 9.73. The molecule has 0 amide bonds. The molecule has 25 heavy (non-hydrogen) atoms. The number of phenolic OH excluding ortho intramolecular Hbond substituents is 2. The molecule has 0 fully saturated rings. The Kier molecular flexibility index (Phi) is 7.65. The largest absolute Gasteiger partial charge is 0.507 e. The van der Waals surface area contributed by atoms with Crippen LogP contribution in [0, 0.1) is 0 Å². The lowest BCUT2D eigenvalue weighted by Crippen LogP contribution is -2.05. The Bertz CT molecular complexity index is 776. The molecule has 0 saturated carbocycles. The molecule has 0 aromatic heterocycles. The average Bonchev–Trinajstić information content (AvgIpc) is 2.57. The van der Waals surface area contributed by atoms with Gasteiger partial charge in [-0.05, 0) is 49.2 Å². The number of hydrogen-bond donors (Lipinski definition) is 2. The van der Waals surface area contributed by atoms with Crippen molar-refractivity contribution in [3.8, 4) is 11.5 Å². The Morgan fingerprint density at radius 2 is 1.52 bits per heavy atom. The lowest BCUT2D eigenvalue weighted by Gasteiger charge is -2.08. The van der Waals surface area contributed by atoms with Crippen molar-refractivity contribution in [3.63, 3.8) is 0 Å². The number of nitrogens with zero attached hydrogens (tertiary/aromatic N) is 2. The van der Waals surface area contributed by atoms with Crippen LogP contribution in [-0.4, -0.2) is 35.2 Å². The van der Waals surface area contributed by atoms with Gasteiger partial charge in [0.25, 0.3) is 0 Å². The molecule has 0 aliphatic heterocycles. The summed E-state index contributed by atoms with van der Waals surface area (Å²) in [6.07, 6.45) is 5.09. The topological polar surface area (TPSA) is 65.2 Å². The standard InChI is InChI=1S/C19H20Br2N2O2/c1-2-17(23-12-14-4-6-16(21)10-19(14)25)7-8-22-11-13-3-5-15(20)9-18(13)24/h3-6,9-12,17,24-25H,2,7-8H2,1H3. The number of phenols is 2. The summed E-state index contributed by atoms with van der Waals surface area (Å²) >= 11 is 6.63.